The molecule has 1 aromatic carbocycles. The van der Waals surface area contributed by atoms with Crippen LogP contribution in [-0.4, -0.2) is 31.1 Å². The third-order valence-corrected chi connectivity index (χ3v) is 2.54. The highest BCUT2D eigenvalue weighted by atomic mass is 16.5. The van der Waals surface area contributed by atoms with E-state index in [1.54, 1.807) is 11.9 Å². The van der Waals surface area contributed by atoms with Crippen molar-refractivity contribution in [1.82, 2.24) is 4.90 Å². The fourth-order valence-corrected chi connectivity index (χ4v) is 1.47. The standard InChI is InChI=1S/C14H21NO2/c1-4-9-17-11-14(16)15(3)10-13-7-5-12(2)6-8-13/h5-8H,4,9-11H2,1-3H3. The molecule has 0 saturated carbocycles. The highest BCUT2D eigenvalue weighted by molar-refractivity contribution is 5.77. The van der Waals surface area contributed by atoms with Crippen LogP contribution in [0, 0.1) is 6.92 Å². The smallest absolute Gasteiger partial charge is 0.248 e. The summed E-state index contributed by atoms with van der Waals surface area (Å²) >= 11 is 0. The molecule has 0 heterocycles. The number of likely N-dealkylation sites (N-methyl/N-ethyl adjacent to an activating group) is 1. The number of ether oxygens (including phenoxy) is 1. The third kappa shape index (κ3) is 5.00. The lowest BCUT2D eigenvalue weighted by Gasteiger charge is -2.17. The molecule has 3 heteroatoms. The molecule has 0 spiro atoms. The van der Waals surface area contributed by atoms with Gasteiger partial charge in [0.05, 0.1) is 0 Å². The van der Waals surface area contributed by atoms with Crippen LogP contribution in [0.4, 0.5) is 0 Å². The lowest BCUT2D eigenvalue weighted by atomic mass is 10.1. The van der Waals surface area contributed by atoms with E-state index in [0.29, 0.717) is 13.2 Å². The van der Waals surface area contributed by atoms with E-state index in [1.807, 2.05) is 19.1 Å². The molecule has 0 atom stereocenters. The number of nitrogens with zero attached hydrogens (tertiary/aromatic N) is 1. The molecule has 0 N–H and O–H groups in total. The third-order valence-electron chi connectivity index (χ3n) is 2.54. The quantitative estimate of drug-likeness (QED) is 0.708. The van der Waals surface area contributed by atoms with Gasteiger partial charge >= 0.3 is 0 Å². The van der Waals surface area contributed by atoms with Crippen molar-refractivity contribution in [2.45, 2.75) is 26.8 Å². The first kappa shape index (κ1) is 13.7. The van der Waals surface area contributed by atoms with Gasteiger partial charge in [-0.15, -0.1) is 0 Å². The van der Waals surface area contributed by atoms with Crippen molar-refractivity contribution in [3.63, 3.8) is 0 Å². The Hall–Kier alpha value is -1.35. The molecule has 0 fully saturated rings. The van der Waals surface area contributed by atoms with Gasteiger partial charge < -0.3 is 9.64 Å². The second kappa shape index (κ2) is 7.07. The van der Waals surface area contributed by atoms with Gasteiger partial charge in [0.1, 0.15) is 6.61 Å². The normalized spacial score (nSPS) is 10.3. The summed E-state index contributed by atoms with van der Waals surface area (Å²) in [5, 5.41) is 0. The van der Waals surface area contributed by atoms with E-state index in [1.165, 1.54) is 5.56 Å². The van der Waals surface area contributed by atoms with Crippen LogP contribution in [0.25, 0.3) is 0 Å². The molecule has 1 aromatic rings. The van der Waals surface area contributed by atoms with Gasteiger partial charge in [-0.25, -0.2) is 0 Å². The lowest BCUT2D eigenvalue weighted by molar-refractivity contribution is -0.135. The number of hydrogen-bond acceptors (Lipinski definition) is 2. The first-order valence-electron chi connectivity index (χ1n) is 6.00. The minimum atomic E-state index is 0.0269. The summed E-state index contributed by atoms with van der Waals surface area (Å²) in [6, 6.07) is 8.21. The van der Waals surface area contributed by atoms with Crippen LogP contribution in [0.15, 0.2) is 24.3 Å². The topological polar surface area (TPSA) is 29.5 Å². The summed E-state index contributed by atoms with van der Waals surface area (Å²) < 4.78 is 5.23. The zero-order valence-corrected chi connectivity index (χ0v) is 10.9. The van der Waals surface area contributed by atoms with Gasteiger partial charge in [-0.3, -0.25) is 4.79 Å². The Labute approximate surface area is 103 Å². The lowest BCUT2D eigenvalue weighted by Crippen LogP contribution is -2.29. The van der Waals surface area contributed by atoms with E-state index in [0.717, 1.165) is 12.0 Å². The van der Waals surface area contributed by atoms with Crippen molar-refractivity contribution in [2.75, 3.05) is 20.3 Å². The van der Waals surface area contributed by atoms with Crippen molar-refractivity contribution >= 4 is 5.91 Å². The summed E-state index contributed by atoms with van der Waals surface area (Å²) in [6.45, 7) is 5.53. The molecule has 3 nitrogen and oxygen atoms in total. The molecule has 1 amide bonds. The van der Waals surface area contributed by atoms with Crippen LogP contribution in [0.1, 0.15) is 24.5 Å². The Bertz CT molecular complexity index is 346. The number of benzene rings is 1. The number of carbonyl (C=O) groups excluding carboxylic acids is 1. The van der Waals surface area contributed by atoms with Crippen molar-refractivity contribution in [1.29, 1.82) is 0 Å². The van der Waals surface area contributed by atoms with Crippen LogP contribution >= 0.6 is 0 Å². The van der Waals surface area contributed by atoms with Crippen molar-refractivity contribution in [3.05, 3.63) is 35.4 Å². The molecule has 0 aliphatic heterocycles. The van der Waals surface area contributed by atoms with Crippen LogP contribution in [0.5, 0.6) is 0 Å². The Morgan fingerprint density at radius 2 is 1.94 bits per heavy atom. The summed E-state index contributed by atoms with van der Waals surface area (Å²) in [6.07, 6.45) is 0.939. The molecule has 0 unspecified atom stereocenters. The minimum absolute atomic E-state index is 0.0269. The SMILES string of the molecule is CCCOCC(=O)N(C)Cc1ccc(C)cc1. The zero-order valence-electron chi connectivity index (χ0n) is 10.9. The number of rotatable bonds is 6. The molecule has 94 valence electrons. The van der Waals surface area contributed by atoms with E-state index >= 15 is 0 Å². The zero-order chi connectivity index (χ0) is 12.7. The first-order chi connectivity index (χ1) is 8.13. The predicted octanol–water partition coefficient (Wildman–Crippen LogP) is 2.38. The fraction of sp³-hybridized carbons (Fsp3) is 0.500. The minimum Gasteiger partial charge on any atom is -0.372 e. The summed E-state index contributed by atoms with van der Waals surface area (Å²) in [4.78, 5) is 13.4. The molecular formula is C14H21NO2. The van der Waals surface area contributed by atoms with Gasteiger partial charge in [-0.2, -0.15) is 0 Å². The number of amides is 1. The molecule has 0 aliphatic rings. The van der Waals surface area contributed by atoms with Gasteiger partial charge in [-0.05, 0) is 18.9 Å². The maximum atomic E-state index is 11.7. The average molecular weight is 235 g/mol. The molecule has 0 saturated heterocycles. The van der Waals surface area contributed by atoms with E-state index in [9.17, 15) is 4.79 Å². The van der Waals surface area contributed by atoms with Crippen LogP contribution in [-0.2, 0) is 16.1 Å². The maximum Gasteiger partial charge on any atom is 0.248 e. The highest BCUT2D eigenvalue weighted by Crippen LogP contribution is 2.06. The monoisotopic (exact) mass is 235 g/mol. The number of carbonyl (C=O) groups is 1. The molecule has 0 aromatic heterocycles. The number of hydrogen-bond donors (Lipinski definition) is 0. The van der Waals surface area contributed by atoms with Crippen LogP contribution in [0.3, 0.4) is 0 Å². The average Bonchev–Trinajstić information content (AvgIpc) is 2.32. The highest BCUT2D eigenvalue weighted by Gasteiger charge is 2.08. The summed E-state index contributed by atoms with van der Waals surface area (Å²) in [5.74, 6) is 0.0269. The second-order valence-corrected chi connectivity index (χ2v) is 4.29. The van der Waals surface area contributed by atoms with Crippen LogP contribution < -0.4 is 0 Å². The van der Waals surface area contributed by atoms with Gasteiger partial charge in [0.15, 0.2) is 0 Å². The van der Waals surface area contributed by atoms with Crippen LogP contribution in [0.2, 0.25) is 0 Å². The van der Waals surface area contributed by atoms with Gasteiger partial charge in [0.2, 0.25) is 5.91 Å². The van der Waals surface area contributed by atoms with Crippen molar-refractivity contribution in [3.8, 4) is 0 Å². The molecule has 0 radical (unpaired) electrons. The molecule has 0 bridgehead atoms. The second-order valence-electron chi connectivity index (χ2n) is 4.29. The maximum absolute atomic E-state index is 11.7. The largest absolute Gasteiger partial charge is 0.372 e. The predicted molar refractivity (Wildman–Crippen MR) is 68.8 cm³/mol. The Kier molecular flexibility index (Phi) is 5.70. The van der Waals surface area contributed by atoms with Gasteiger partial charge in [0, 0.05) is 20.2 Å². The van der Waals surface area contributed by atoms with E-state index in [4.69, 9.17) is 4.74 Å². The Morgan fingerprint density at radius 1 is 1.29 bits per heavy atom. The van der Waals surface area contributed by atoms with Crippen molar-refractivity contribution < 1.29 is 9.53 Å². The van der Waals surface area contributed by atoms with E-state index in [2.05, 4.69) is 19.1 Å². The summed E-state index contributed by atoms with van der Waals surface area (Å²) in [5.41, 5.74) is 2.37. The first-order valence-corrected chi connectivity index (χ1v) is 6.00. The van der Waals surface area contributed by atoms with Gasteiger partial charge in [0.25, 0.3) is 0 Å². The van der Waals surface area contributed by atoms with E-state index < -0.39 is 0 Å². The fourth-order valence-electron chi connectivity index (χ4n) is 1.47. The molecule has 17 heavy (non-hydrogen) atoms. The Balaban J connectivity index is 2.40. The summed E-state index contributed by atoms with van der Waals surface area (Å²) in [7, 11) is 1.80. The van der Waals surface area contributed by atoms with Gasteiger partial charge in [-0.1, -0.05) is 36.8 Å². The number of aryl methyl sites for hydroxylation is 1. The molecular weight excluding hydrogens is 214 g/mol. The molecule has 1 rings (SSSR count). The van der Waals surface area contributed by atoms with E-state index in [-0.39, 0.29) is 12.5 Å². The van der Waals surface area contributed by atoms with Crippen molar-refractivity contribution in [2.24, 2.45) is 0 Å². The molecule has 0 aliphatic carbocycles. The Morgan fingerprint density at radius 3 is 2.53 bits per heavy atom.